The molecule has 0 rings (SSSR count). The van der Waals surface area contributed by atoms with Crippen molar-refractivity contribution in [3.63, 3.8) is 0 Å². The number of unbranched alkanes of at least 4 members (excludes halogenated alkanes) is 15. The lowest BCUT2D eigenvalue weighted by Crippen LogP contribution is -2.44. The standard InChI is InChI=1S/C60H99NO8/c1-6-8-10-12-14-16-18-20-22-23-24-25-26-27-28-29-30-31-32-33-34-35-37-39-41-43-45-47-49-51-58(63)69-56(55-68-60(59(64)65)66-53-52-61(3,4)5)54-67-57(62)50-48-46-44-42-40-38-36-21-19-17-15-13-11-9-7-2/h8,10,14-17,20-22,24-25,27-28,30-31,33-34,36,56,60H,6-7,9,11-13,18-19,23,26,29,32,35,37-55H2,1-5H3/b10-8-,16-14-,17-15-,22-20-,25-24-,28-27-,31-30-,34-33-,36-21-. The van der Waals surface area contributed by atoms with E-state index in [4.69, 9.17) is 18.9 Å². The second-order valence-electron chi connectivity index (χ2n) is 18.8. The molecule has 0 aliphatic rings. The summed E-state index contributed by atoms with van der Waals surface area (Å²) in [4.78, 5) is 37.2. The first kappa shape index (κ1) is 65.0. The Balaban J connectivity index is 4.34. The highest BCUT2D eigenvalue weighted by Crippen LogP contribution is 2.13. The van der Waals surface area contributed by atoms with Crippen LogP contribution < -0.4 is 5.11 Å². The molecule has 0 aromatic rings. The lowest BCUT2D eigenvalue weighted by atomic mass is 10.1. The average Bonchev–Trinajstić information content (AvgIpc) is 3.31. The fourth-order valence-corrected chi connectivity index (χ4v) is 6.84. The van der Waals surface area contributed by atoms with Gasteiger partial charge in [0.1, 0.15) is 13.2 Å². The summed E-state index contributed by atoms with van der Waals surface area (Å²) in [5.41, 5.74) is 0. The molecule has 9 nitrogen and oxygen atoms in total. The van der Waals surface area contributed by atoms with Gasteiger partial charge in [-0.15, -0.1) is 0 Å². The van der Waals surface area contributed by atoms with Gasteiger partial charge in [-0.25, -0.2) is 0 Å². The van der Waals surface area contributed by atoms with Crippen molar-refractivity contribution in [3.8, 4) is 0 Å². The minimum atomic E-state index is -1.63. The summed E-state index contributed by atoms with van der Waals surface area (Å²) in [6.07, 6.45) is 65.5. The number of quaternary nitrogens is 1. The highest BCUT2D eigenvalue weighted by Gasteiger charge is 2.22. The van der Waals surface area contributed by atoms with Gasteiger partial charge in [-0.2, -0.15) is 0 Å². The molecule has 2 unspecified atom stereocenters. The number of carbonyl (C=O) groups excluding carboxylic acids is 3. The first-order valence-corrected chi connectivity index (χ1v) is 27.0. The Bertz CT molecular complexity index is 1490. The molecule has 0 saturated heterocycles. The zero-order chi connectivity index (χ0) is 50.6. The van der Waals surface area contributed by atoms with Gasteiger partial charge in [0.15, 0.2) is 12.4 Å². The average molecular weight is 962 g/mol. The summed E-state index contributed by atoms with van der Waals surface area (Å²) in [6, 6.07) is 0. The van der Waals surface area contributed by atoms with E-state index in [-0.39, 0.29) is 38.6 Å². The van der Waals surface area contributed by atoms with E-state index in [9.17, 15) is 19.5 Å². The molecule has 0 aromatic carbocycles. The molecule has 2 atom stereocenters. The minimum Gasteiger partial charge on any atom is -0.545 e. The molecule has 0 bridgehead atoms. The van der Waals surface area contributed by atoms with E-state index >= 15 is 0 Å². The molecule has 0 saturated carbocycles. The van der Waals surface area contributed by atoms with Crippen molar-refractivity contribution in [3.05, 3.63) is 109 Å². The number of hydrogen-bond donors (Lipinski definition) is 0. The van der Waals surface area contributed by atoms with Crippen LogP contribution in [0.25, 0.3) is 0 Å². The number of esters is 2. The van der Waals surface area contributed by atoms with E-state index in [0.29, 0.717) is 23.9 Å². The Morgan fingerprint density at radius 1 is 0.449 bits per heavy atom. The molecule has 0 fully saturated rings. The molecule has 0 amide bonds. The summed E-state index contributed by atoms with van der Waals surface area (Å²) < 4.78 is 22.6. The summed E-state index contributed by atoms with van der Waals surface area (Å²) in [6.45, 7) is 4.55. The van der Waals surface area contributed by atoms with Crippen LogP contribution in [0.4, 0.5) is 0 Å². The number of carbonyl (C=O) groups is 3. The summed E-state index contributed by atoms with van der Waals surface area (Å²) in [7, 11) is 5.90. The number of carboxylic acid groups (broad SMARTS) is 1. The molecule has 0 spiro atoms. The quantitative estimate of drug-likeness (QED) is 0.0195. The van der Waals surface area contributed by atoms with Gasteiger partial charge in [-0.3, -0.25) is 9.59 Å². The van der Waals surface area contributed by atoms with Crippen LogP contribution in [0.3, 0.4) is 0 Å². The lowest BCUT2D eigenvalue weighted by Gasteiger charge is -2.26. The fourth-order valence-electron chi connectivity index (χ4n) is 6.84. The summed E-state index contributed by atoms with van der Waals surface area (Å²) >= 11 is 0. The smallest absolute Gasteiger partial charge is 0.306 e. The predicted octanol–water partition coefficient (Wildman–Crippen LogP) is 14.2. The Morgan fingerprint density at radius 2 is 0.826 bits per heavy atom. The molecule has 69 heavy (non-hydrogen) atoms. The Hall–Kier alpha value is -4.05. The molecule has 9 heteroatoms. The van der Waals surface area contributed by atoms with Crippen LogP contribution in [0.2, 0.25) is 0 Å². The van der Waals surface area contributed by atoms with Gasteiger partial charge >= 0.3 is 11.9 Å². The number of ether oxygens (including phenoxy) is 4. The van der Waals surface area contributed by atoms with Gasteiger partial charge in [0.05, 0.1) is 40.3 Å². The third-order valence-corrected chi connectivity index (χ3v) is 11.0. The topological polar surface area (TPSA) is 111 Å². The van der Waals surface area contributed by atoms with Crippen molar-refractivity contribution >= 4 is 17.9 Å². The van der Waals surface area contributed by atoms with E-state index < -0.39 is 24.3 Å². The minimum absolute atomic E-state index is 0.137. The largest absolute Gasteiger partial charge is 0.545 e. The third-order valence-electron chi connectivity index (χ3n) is 11.0. The van der Waals surface area contributed by atoms with Gasteiger partial charge in [0.25, 0.3) is 0 Å². The monoisotopic (exact) mass is 962 g/mol. The molecule has 0 aliphatic carbocycles. The molecule has 0 aliphatic heterocycles. The van der Waals surface area contributed by atoms with Crippen LogP contribution in [0, 0.1) is 0 Å². The van der Waals surface area contributed by atoms with E-state index in [1.165, 1.54) is 44.9 Å². The van der Waals surface area contributed by atoms with Gasteiger partial charge in [-0.05, 0) is 103 Å². The molecule has 392 valence electrons. The van der Waals surface area contributed by atoms with Crippen molar-refractivity contribution < 1.29 is 42.9 Å². The fraction of sp³-hybridized carbons (Fsp3) is 0.650. The van der Waals surface area contributed by atoms with Crippen molar-refractivity contribution in [2.75, 3.05) is 47.5 Å². The van der Waals surface area contributed by atoms with Gasteiger partial charge in [-0.1, -0.05) is 187 Å². The number of rotatable bonds is 48. The number of likely N-dealkylation sites (N-methyl/N-ethyl adjacent to an activating group) is 1. The van der Waals surface area contributed by atoms with Crippen LogP contribution >= 0.6 is 0 Å². The van der Waals surface area contributed by atoms with E-state index in [1.807, 2.05) is 21.1 Å². The summed E-state index contributed by atoms with van der Waals surface area (Å²) in [5, 5.41) is 11.7. The zero-order valence-electron chi connectivity index (χ0n) is 44.4. The molecule has 0 heterocycles. The summed E-state index contributed by atoms with van der Waals surface area (Å²) in [5.74, 6) is -2.33. The lowest BCUT2D eigenvalue weighted by molar-refractivity contribution is -0.870. The predicted molar refractivity (Wildman–Crippen MR) is 287 cm³/mol. The number of carboxylic acids is 1. The number of aliphatic carboxylic acids is 1. The molecular weight excluding hydrogens is 863 g/mol. The van der Waals surface area contributed by atoms with Gasteiger partial charge in [0, 0.05) is 12.8 Å². The second-order valence-corrected chi connectivity index (χ2v) is 18.8. The van der Waals surface area contributed by atoms with Crippen LogP contribution in [0.5, 0.6) is 0 Å². The highest BCUT2D eigenvalue weighted by atomic mass is 16.7. The molecule has 0 N–H and O–H groups in total. The molecule has 0 aromatic heterocycles. The van der Waals surface area contributed by atoms with Crippen LogP contribution in [0.15, 0.2) is 109 Å². The zero-order valence-corrected chi connectivity index (χ0v) is 44.4. The molecular formula is C60H99NO8. The van der Waals surface area contributed by atoms with E-state index in [0.717, 1.165) is 109 Å². The first-order chi connectivity index (χ1) is 33.6. The van der Waals surface area contributed by atoms with Crippen molar-refractivity contribution in [1.82, 2.24) is 0 Å². The molecule has 0 radical (unpaired) electrons. The maximum absolute atomic E-state index is 12.8. The Morgan fingerprint density at radius 3 is 1.23 bits per heavy atom. The van der Waals surface area contributed by atoms with E-state index in [2.05, 4.69) is 123 Å². The van der Waals surface area contributed by atoms with Gasteiger partial charge < -0.3 is 33.3 Å². The maximum atomic E-state index is 12.8. The number of nitrogens with zero attached hydrogens (tertiary/aromatic N) is 1. The van der Waals surface area contributed by atoms with E-state index in [1.54, 1.807) is 0 Å². The first-order valence-electron chi connectivity index (χ1n) is 27.0. The van der Waals surface area contributed by atoms with Crippen molar-refractivity contribution in [1.29, 1.82) is 0 Å². The Kier molecular flexibility index (Phi) is 47.4. The van der Waals surface area contributed by atoms with Gasteiger partial charge in [0.2, 0.25) is 0 Å². The Labute approximate surface area is 422 Å². The van der Waals surface area contributed by atoms with Crippen molar-refractivity contribution in [2.24, 2.45) is 0 Å². The van der Waals surface area contributed by atoms with Crippen molar-refractivity contribution in [2.45, 2.75) is 206 Å². The SMILES string of the molecule is CC/C=C\C/C=C\C/C=C\C/C=C\C/C=C\C/C=C\C/C=C\CCCCCCCCCC(=O)OC(COC(=O)CCCCCCC/C=C\C/C=C\CCCCC)COC(OCC[N+](C)(C)C)C(=O)[O-]. The number of allylic oxidation sites excluding steroid dienone is 18. The highest BCUT2D eigenvalue weighted by molar-refractivity contribution is 5.70. The van der Waals surface area contributed by atoms with Crippen LogP contribution in [0.1, 0.15) is 194 Å². The van der Waals surface area contributed by atoms with Crippen LogP contribution in [-0.4, -0.2) is 82.3 Å². The third kappa shape index (κ3) is 51.6. The normalized spacial score (nSPS) is 13.7. The maximum Gasteiger partial charge on any atom is 0.306 e. The number of hydrogen-bond acceptors (Lipinski definition) is 8. The second kappa shape index (κ2) is 50.3. The van der Waals surface area contributed by atoms with Crippen LogP contribution in [-0.2, 0) is 33.3 Å².